The number of nitrogens with zero attached hydrogens (tertiary/aromatic N) is 5. The van der Waals surface area contributed by atoms with E-state index in [-0.39, 0.29) is 37.6 Å². The van der Waals surface area contributed by atoms with E-state index in [1.165, 1.54) is 0 Å². The van der Waals surface area contributed by atoms with Gasteiger partial charge < -0.3 is 20.4 Å². The second-order valence-electron chi connectivity index (χ2n) is 8.41. The summed E-state index contributed by atoms with van der Waals surface area (Å²) in [6, 6.07) is 1.65. The van der Waals surface area contributed by atoms with Crippen LogP contribution < -0.4 is 10.2 Å². The molecule has 172 valence electrons. The van der Waals surface area contributed by atoms with Crippen LogP contribution in [0.2, 0.25) is 0 Å². The molecule has 2 unspecified atom stereocenters. The van der Waals surface area contributed by atoms with Gasteiger partial charge in [0.25, 0.3) is 11.8 Å². The van der Waals surface area contributed by atoms with Crippen LogP contribution in [0.3, 0.4) is 0 Å². The van der Waals surface area contributed by atoms with E-state index in [1.807, 2.05) is 26.8 Å². The number of nitrogens with one attached hydrogen (secondary N) is 1. The van der Waals surface area contributed by atoms with Crippen LogP contribution >= 0.6 is 0 Å². The molecule has 0 aliphatic carbocycles. The van der Waals surface area contributed by atoms with Crippen LogP contribution in [0.25, 0.3) is 11.0 Å². The summed E-state index contributed by atoms with van der Waals surface area (Å²) in [7, 11) is 1.72. The predicted molar refractivity (Wildman–Crippen MR) is 122 cm³/mol. The highest BCUT2D eigenvalue weighted by Crippen LogP contribution is 2.25. The number of allylic oxidation sites excluding steroid dienone is 1. The number of amides is 2. The molecule has 0 spiro atoms. The van der Waals surface area contributed by atoms with E-state index < -0.39 is 12.0 Å². The Balaban J connectivity index is 1.92. The minimum Gasteiger partial charge on any atom is -0.394 e. The fourth-order valence-corrected chi connectivity index (χ4v) is 3.68. The topological polar surface area (TPSA) is 133 Å². The van der Waals surface area contributed by atoms with E-state index in [0.29, 0.717) is 28.1 Å². The van der Waals surface area contributed by atoms with Gasteiger partial charge in [-0.3, -0.25) is 9.59 Å². The average molecular weight is 443 g/mol. The van der Waals surface area contributed by atoms with E-state index in [0.717, 1.165) is 5.57 Å². The number of carbonyl (C=O) groups is 2. The second-order valence-corrected chi connectivity index (χ2v) is 8.41. The van der Waals surface area contributed by atoms with Gasteiger partial charge >= 0.3 is 0 Å². The molecule has 0 fully saturated rings. The smallest absolute Gasteiger partial charge is 0.254 e. The number of anilines is 1. The van der Waals surface area contributed by atoms with Gasteiger partial charge in [0.1, 0.15) is 5.82 Å². The maximum Gasteiger partial charge on any atom is 0.254 e. The van der Waals surface area contributed by atoms with Gasteiger partial charge in [-0.1, -0.05) is 5.57 Å². The summed E-state index contributed by atoms with van der Waals surface area (Å²) >= 11 is 0. The van der Waals surface area contributed by atoms with Gasteiger partial charge in [-0.05, 0) is 39.8 Å². The third-order valence-corrected chi connectivity index (χ3v) is 5.41. The summed E-state index contributed by atoms with van der Waals surface area (Å²) in [5.41, 5.74) is 2.42. The number of hydrogen-bond donors (Lipinski definition) is 3. The summed E-state index contributed by atoms with van der Waals surface area (Å²) < 4.78 is 1.72. The van der Waals surface area contributed by atoms with Crippen molar-refractivity contribution in [3.8, 4) is 0 Å². The molecule has 32 heavy (non-hydrogen) atoms. The molecular formula is C22H30N6O4. The van der Waals surface area contributed by atoms with Gasteiger partial charge in [0.15, 0.2) is 5.65 Å². The largest absolute Gasteiger partial charge is 0.394 e. The number of aliphatic hydroxyl groups is 2. The van der Waals surface area contributed by atoms with Crippen molar-refractivity contribution in [2.24, 2.45) is 10.9 Å². The second kappa shape index (κ2) is 9.58. The highest BCUT2D eigenvalue weighted by Gasteiger charge is 2.25. The molecule has 1 aliphatic heterocycles. The number of aliphatic hydroxyl groups excluding tert-OH is 2. The molecule has 3 N–H and O–H groups in total. The van der Waals surface area contributed by atoms with Crippen molar-refractivity contribution in [1.29, 1.82) is 0 Å². The van der Waals surface area contributed by atoms with Crippen LogP contribution in [0.1, 0.15) is 44.1 Å². The molecule has 1 aliphatic rings. The molecule has 2 aromatic heterocycles. The Bertz CT molecular complexity index is 1090. The third kappa shape index (κ3) is 4.86. The molecular weight excluding hydrogens is 412 g/mol. The summed E-state index contributed by atoms with van der Waals surface area (Å²) in [6.45, 7) is 7.44. The van der Waals surface area contributed by atoms with E-state index in [2.05, 4.69) is 20.4 Å². The van der Waals surface area contributed by atoms with Gasteiger partial charge in [0, 0.05) is 31.9 Å². The molecule has 10 nitrogen and oxygen atoms in total. The quantitative estimate of drug-likeness (QED) is 0.557. The summed E-state index contributed by atoms with van der Waals surface area (Å²) in [6.07, 6.45) is 2.50. The zero-order valence-corrected chi connectivity index (χ0v) is 19.0. The number of fused-ring (bicyclic) bond motifs is 1. The Morgan fingerprint density at radius 2 is 2.06 bits per heavy atom. The minimum atomic E-state index is -0.944. The number of likely N-dealkylation sites (N-methyl/N-ethyl adjacent to an activating group) is 1. The molecule has 2 atom stereocenters. The number of hydrogen-bond acceptors (Lipinski definition) is 7. The van der Waals surface area contributed by atoms with E-state index in [4.69, 9.17) is 5.11 Å². The molecule has 3 rings (SSSR count). The Hall–Kier alpha value is -3.11. The fraction of sp³-hybridized carbons (Fsp3) is 0.500. The highest BCUT2D eigenvalue weighted by atomic mass is 16.3. The zero-order chi connectivity index (χ0) is 23.6. The maximum absolute atomic E-state index is 13.2. The van der Waals surface area contributed by atoms with Gasteiger partial charge in [-0.25, -0.2) is 14.7 Å². The van der Waals surface area contributed by atoms with Gasteiger partial charge in [0.2, 0.25) is 0 Å². The number of dihydropyridines is 1. The maximum atomic E-state index is 13.2. The molecule has 2 amide bonds. The van der Waals surface area contributed by atoms with E-state index >= 15 is 0 Å². The molecule has 0 bridgehead atoms. The van der Waals surface area contributed by atoms with Crippen molar-refractivity contribution in [2.45, 2.75) is 39.8 Å². The lowest BCUT2D eigenvalue weighted by Crippen LogP contribution is -2.35. The molecule has 3 heterocycles. The molecule has 0 aromatic carbocycles. The van der Waals surface area contributed by atoms with Crippen molar-refractivity contribution < 1.29 is 19.8 Å². The molecule has 2 aromatic rings. The molecule has 10 heteroatoms. The summed E-state index contributed by atoms with van der Waals surface area (Å²) in [5.74, 6) is -0.665. The van der Waals surface area contributed by atoms with Crippen LogP contribution in [0.15, 0.2) is 28.9 Å². The van der Waals surface area contributed by atoms with E-state index in [9.17, 15) is 14.7 Å². The van der Waals surface area contributed by atoms with Crippen molar-refractivity contribution in [1.82, 2.24) is 20.1 Å². The van der Waals surface area contributed by atoms with Gasteiger partial charge in [-0.15, -0.1) is 0 Å². The third-order valence-electron chi connectivity index (χ3n) is 5.41. The highest BCUT2D eigenvalue weighted by molar-refractivity contribution is 6.07. The van der Waals surface area contributed by atoms with Crippen LogP contribution in [0.5, 0.6) is 0 Å². The first-order valence-corrected chi connectivity index (χ1v) is 10.6. The van der Waals surface area contributed by atoms with Crippen molar-refractivity contribution in [3.63, 3.8) is 0 Å². The van der Waals surface area contributed by atoms with Crippen LogP contribution in [0.4, 0.5) is 5.82 Å². The SMILES string of the molecule is CC1=CC(C)=NC(=O)C1CNC(=O)c1cc(N(C)CC(O)CO)nc2c1cnn2C(C)C. The number of carbonyl (C=O) groups excluding carboxylic acids is 2. The lowest BCUT2D eigenvalue weighted by atomic mass is 9.95. The molecule has 0 radical (unpaired) electrons. The van der Waals surface area contributed by atoms with Crippen molar-refractivity contribution in [2.75, 3.05) is 31.6 Å². The van der Waals surface area contributed by atoms with Crippen LogP contribution in [0, 0.1) is 5.92 Å². The predicted octanol–water partition coefficient (Wildman–Crippen LogP) is 1.10. The first-order chi connectivity index (χ1) is 15.1. The minimum absolute atomic E-state index is 0.0215. The standard InChI is InChI=1S/C22H30N6O4/c1-12(2)28-20-18(9-24-28)16(7-19(26-20)27(5)10-15(30)11-29)21(31)23-8-17-13(3)6-14(4)25-22(17)32/h6-7,9,12,15,17,29-30H,8,10-11H2,1-5H3,(H,23,31). The number of aromatic nitrogens is 3. The Morgan fingerprint density at radius 3 is 2.69 bits per heavy atom. The van der Waals surface area contributed by atoms with E-state index in [1.54, 1.807) is 35.8 Å². The van der Waals surface area contributed by atoms with Crippen LogP contribution in [-0.2, 0) is 4.79 Å². The normalized spacial score (nSPS) is 17.4. The number of pyridine rings is 1. The number of rotatable bonds is 8. The van der Waals surface area contributed by atoms with Crippen molar-refractivity contribution in [3.05, 3.63) is 29.5 Å². The van der Waals surface area contributed by atoms with Crippen molar-refractivity contribution >= 4 is 34.4 Å². The Kier molecular flexibility index (Phi) is 7.05. The van der Waals surface area contributed by atoms with Crippen LogP contribution in [-0.4, -0.2) is 75.4 Å². The number of aliphatic imine (C=N–C) groups is 1. The summed E-state index contributed by atoms with van der Waals surface area (Å²) in [5, 5.41) is 26.8. The van der Waals surface area contributed by atoms with Gasteiger partial charge in [-0.2, -0.15) is 5.10 Å². The summed E-state index contributed by atoms with van der Waals surface area (Å²) in [4.78, 5) is 35.7. The average Bonchev–Trinajstić information content (AvgIpc) is 3.16. The van der Waals surface area contributed by atoms with Gasteiger partial charge in [0.05, 0.1) is 35.8 Å². The Labute approximate surface area is 186 Å². The monoisotopic (exact) mass is 442 g/mol. The fourth-order valence-electron chi connectivity index (χ4n) is 3.68. The molecule has 0 saturated carbocycles. The Morgan fingerprint density at radius 1 is 1.34 bits per heavy atom. The lowest BCUT2D eigenvalue weighted by molar-refractivity contribution is -0.120. The first-order valence-electron chi connectivity index (χ1n) is 10.6. The first kappa shape index (κ1) is 23.6. The molecule has 0 saturated heterocycles. The zero-order valence-electron chi connectivity index (χ0n) is 19.0. The lowest BCUT2D eigenvalue weighted by Gasteiger charge is -2.22.